The van der Waals surface area contributed by atoms with Crippen molar-refractivity contribution in [1.82, 2.24) is 9.21 Å². The Morgan fingerprint density at radius 2 is 1.62 bits per heavy atom. The van der Waals surface area contributed by atoms with Crippen molar-refractivity contribution < 1.29 is 27.1 Å². The van der Waals surface area contributed by atoms with Crippen LogP contribution in [0, 0.1) is 5.82 Å². The van der Waals surface area contributed by atoms with Crippen LogP contribution >= 0.6 is 0 Å². The van der Waals surface area contributed by atoms with Crippen molar-refractivity contribution in [2.24, 2.45) is 0 Å². The van der Waals surface area contributed by atoms with E-state index in [2.05, 4.69) is 4.90 Å². The summed E-state index contributed by atoms with van der Waals surface area (Å²) < 4.78 is 51.4. The molecule has 1 amide bonds. The van der Waals surface area contributed by atoms with Crippen LogP contribution in [-0.2, 0) is 14.8 Å². The minimum absolute atomic E-state index is 0.0160. The lowest BCUT2D eigenvalue weighted by atomic mass is 10.1. The number of sulfonamides is 1. The van der Waals surface area contributed by atoms with Crippen molar-refractivity contribution in [3.8, 4) is 5.75 Å². The highest BCUT2D eigenvalue weighted by Gasteiger charge is 2.31. The van der Waals surface area contributed by atoms with Gasteiger partial charge in [0.1, 0.15) is 16.5 Å². The second-order valence-electron chi connectivity index (χ2n) is 7.64. The van der Waals surface area contributed by atoms with E-state index in [1.165, 1.54) is 35.7 Å². The molecule has 8 nitrogen and oxygen atoms in total. The molecule has 0 N–H and O–H groups in total. The Kier molecular flexibility index (Phi) is 6.63. The summed E-state index contributed by atoms with van der Waals surface area (Å²) in [6, 6.07) is 10.8. The summed E-state index contributed by atoms with van der Waals surface area (Å²) in [7, 11) is -2.41. The molecule has 172 valence electrons. The van der Waals surface area contributed by atoms with E-state index in [1.807, 2.05) is 0 Å². The van der Waals surface area contributed by atoms with Crippen molar-refractivity contribution in [3.05, 3.63) is 53.8 Å². The number of morpholine rings is 1. The maximum absolute atomic E-state index is 13.2. The molecule has 32 heavy (non-hydrogen) atoms. The molecule has 0 saturated carbocycles. The van der Waals surface area contributed by atoms with Crippen molar-refractivity contribution >= 4 is 21.6 Å². The average Bonchev–Trinajstić information content (AvgIpc) is 2.84. The predicted molar refractivity (Wildman–Crippen MR) is 117 cm³/mol. The third kappa shape index (κ3) is 4.57. The first-order valence-corrected chi connectivity index (χ1v) is 11.9. The highest BCUT2D eigenvalue weighted by atomic mass is 32.2. The zero-order valence-electron chi connectivity index (χ0n) is 17.9. The van der Waals surface area contributed by atoms with Gasteiger partial charge >= 0.3 is 0 Å². The van der Waals surface area contributed by atoms with Crippen molar-refractivity contribution in [2.45, 2.75) is 4.90 Å². The van der Waals surface area contributed by atoms with Gasteiger partial charge in [-0.3, -0.25) is 4.79 Å². The highest BCUT2D eigenvalue weighted by molar-refractivity contribution is 7.89. The molecule has 0 radical (unpaired) electrons. The third-order valence-corrected chi connectivity index (χ3v) is 7.68. The molecular formula is C22H26FN3O5S. The lowest BCUT2D eigenvalue weighted by Gasteiger charge is -2.36. The number of anilines is 1. The average molecular weight is 464 g/mol. The van der Waals surface area contributed by atoms with E-state index < -0.39 is 10.0 Å². The minimum atomic E-state index is -3.82. The topological polar surface area (TPSA) is 79.4 Å². The Balaban J connectivity index is 1.50. The van der Waals surface area contributed by atoms with Crippen molar-refractivity contribution in [2.75, 3.05) is 64.5 Å². The fraction of sp³-hybridized carbons (Fsp3) is 0.409. The molecule has 2 saturated heterocycles. The number of piperazine rings is 1. The van der Waals surface area contributed by atoms with Crippen LogP contribution < -0.4 is 9.64 Å². The summed E-state index contributed by atoms with van der Waals surface area (Å²) in [5.41, 5.74) is 1.20. The Morgan fingerprint density at radius 1 is 0.969 bits per heavy atom. The number of ether oxygens (including phenoxy) is 2. The lowest BCUT2D eigenvalue weighted by molar-refractivity contribution is 0.0728. The van der Waals surface area contributed by atoms with Gasteiger partial charge in [0.05, 0.1) is 20.3 Å². The Morgan fingerprint density at radius 3 is 2.25 bits per heavy atom. The first-order chi connectivity index (χ1) is 15.4. The summed E-state index contributed by atoms with van der Waals surface area (Å²) >= 11 is 0. The zero-order chi connectivity index (χ0) is 22.7. The molecule has 2 aromatic carbocycles. The third-order valence-electron chi connectivity index (χ3n) is 5.76. The molecule has 0 aliphatic carbocycles. The van der Waals surface area contributed by atoms with Crippen LogP contribution in [-0.4, -0.2) is 83.1 Å². The normalized spacial score (nSPS) is 17.9. The lowest BCUT2D eigenvalue weighted by Crippen LogP contribution is -2.48. The molecule has 2 aliphatic heterocycles. The van der Waals surface area contributed by atoms with Gasteiger partial charge in [0.15, 0.2) is 0 Å². The fourth-order valence-corrected chi connectivity index (χ4v) is 5.53. The van der Waals surface area contributed by atoms with E-state index in [1.54, 1.807) is 23.1 Å². The number of halogens is 1. The summed E-state index contributed by atoms with van der Waals surface area (Å²) in [6.07, 6.45) is 0. The van der Waals surface area contributed by atoms with Crippen LogP contribution in [0.4, 0.5) is 10.1 Å². The van der Waals surface area contributed by atoms with Gasteiger partial charge in [-0.05, 0) is 42.5 Å². The molecule has 2 fully saturated rings. The molecule has 0 atom stereocenters. The number of methoxy groups -OCH3 is 1. The van der Waals surface area contributed by atoms with Gasteiger partial charge in [-0.15, -0.1) is 0 Å². The van der Waals surface area contributed by atoms with Gasteiger partial charge in [-0.2, -0.15) is 4.31 Å². The molecule has 10 heteroatoms. The molecule has 0 bridgehead atoms. The Hall–Kier alpha value is -2.69. The molecule has 4 rings (SSSR count). The number of benzene rings is 2. The van der Waals surface area contributed by atoms with Crippen LogP contribution in [0.1, 0.15) is 10.4 Å². The number of carbonyl (C=O) groups excluding carboxylic acids is 1. The standard InChI is InChI=1S/C22H26FN3O5S/c1-30-20-7-2-17(16-21(20)32(28,29)26-12-14-31-15-13-26)22(27)25-10-8-24(9-11-25)19-5-3-18(23)4-6-19/h2-7,16H,8-15H2,1H3. The fourth-order valence-electron chi connectivity index (χ4n) is 3.94. The quantitative estimate of drug-likeness (QED) is 0.673. The van der Waals surface area contributed by atoms with E-state index in [0.29, 0.717) is 45.0 Å². The largest absolute Gasteiger partial charge is 0.495 e. The second kappa shape index (κ2) is 9.43. The van der Waals surface area contributed by atoms with E-state index in [4.69, 9.17) is 9.47 Å². The maximum Gasteiger partial charge on any atom is 0.254 e. The van der Waals surface area contributed by atoms with E-state index in [0.717, 1.165) is 5.69 Å². The monoisotopic (exact) mass is 463 g/mol. The predicted octanol–water partition coefficient (Wildman–Crippen LogP) is 1.82. The molecular weight excluding hydrogens is 437 g/mol. The first-order valence-electron chi connectivity index (χ1n) is 10.5. The molecule has 0 aromatic heterocycles. The summed E-state index contributed by atoms with van der Waals surface area (Å²) in [4.78, 5) is 16.9. The van der Waals surface area contributed by atoms with Gasteiger partial charge in [-0.25, -0.2) is 12.8 Å². The van der Waals surface area contributed by atoms with E-state index >= 15 is 0 Å². The number of hydrogen-bond acceptors (Lipinski definition) is 6. The van der Waals surface area contributed by atoms with Gasteiger partial charge < -0.3 is 19.3 Å². The van der Waals surface area contributed by atoms with Crippen LogP contribution in [0.15, 0.2) is 47.4 Å². The molecule has 0 spiro atoms. The van der Waals surface area contributed by atoms with Gasteiger partial charge in [-0.1, -0.05) is 0 Å². The van der Waals surface area contributed by atoms with Crippen LogP contribution in [0.5, 0.6) is 5.75 Å². The molecule has 0 unspecified atom stereocenters. The Labute approximate surface area is 187 Å². The first kappa shape index (κ1) is 22.5. The molecule has 2 aliphatic rings. The number of amides is 1. The van der Waals surface area contributed by atoms with Crippen LogP contribution in [0.25, 0.3) is 0 Å². The summed E-state index contributed by atoms with van der Waals surface area (Å²) in [5.74, 6) is -0.316. The SMILES string of the molecule is COc1ccc(C(=O)N2CCN(c3ccc(F)cc3)CC2)cc1S(=O)(=O)N1CCOCC1. The van der Waals surface area contributed by atoms with Crippen LogP contribution in [0.2, 0.25) is 0 Å². The maximum atomic E-state index is 13.2. The van der Waals surface area contributed by atoms with E-state index in [-0.39, 0.29) is 35.5 Å². The number of rotatable bonds is 5. The van der Waals surface area contributed by atoms with Crippen molar-refractivity contribution in [1.29, 1.82) is 0 Å². The molecule has 2 heterocycles. The summed E-state index contributed by atoms with van der Waals surface area (Å²) in [5, 5.41) is 0. The van der Waals surface area contributed by atoms with Crippen molar-refractivity contribution in [3.63, 3.8) is 0 Å². The second-order valence-corrected chi connectivity index (χ2v) is 9.54. The molecule has 2 aromatic rings. The van der Waals surface area contributed by atoms with Gasteiger partial charge in [0.25, 0.3) is 5.91 Å². The number of hydrogen-bond donors (Lipinski definition) is 0. The number of nitrogens with zero attached hydrogens (tertiary/aromatic N) is 3. The highest BCUT2D eigenvalue weighted by Crippen LogP contribution is 2.29. The zero-order valence-corrected chi connectivity index (χ0v) is 18.7. The summed E-state index contributed by atoms with van der Waals surface area (Å²) in [6.45, 7) is 3.35. The Bertz CT molecular complexity index is 1060. The van der Waals surface area contributed by atoms with E-state index in [9.17, 15) is 17.6 Å². The smallest absolute Gasteiger partial charge is 0.254 e. The minimum Gasteiger partial charge on any atom is -0.495 e. The van der Waals surface area contributed by atoms with Gasteiger partial charge in [0.2, 0.25) is 10.0 Å². The van der Waals surface area contributed by atoms with Crippen LogP contribution in [0.3, 0.4) is 0 Å². The number of carbonyl (C=O) groups is 1. The van der Waals surface area contributed by atoms with Gasteiger partial charge in [0, 0.05) is 50.5 Å².